The summed E-state index contributed by atoms with van der Waals surface area (Å²) < 4.78 is 6.29. The highest BCUT2D eigenvalue weighted by atomic mass is 79.9. The Bertz CT molecular complexity index is 480. The number of halogens is 1. The highest BCUT2D eigenvalue weighted by Crippen LogP contribution is 2.32. The second-order valence-electron chi connectivity index (χ2n) is 3.73. The first-order valence-corrected chi connectivity index (χ1v) is 7.07. The van der Waals surface area contributed by atoms with Gasteiger partial charge in [0.05, 0.1) is 18.1 Å². The van der Waals surface area contributed by atoms with Crippen LogP contribution < -0.4 is 0 Å². The van der Waals surface area contributed by atoms with E-state index in [2.05, 4.69) is 15.9 Å². The molecule has 0 bridgehead atoms. The van der Waals surface area contributed by atoms with E-state index in [9.17, 15) is 5.11 Å². The molecule has 1 atom stereocenters. The first-order chi connectivity index (χ1) is 8.16. The summed E-state index contributed by atoms with van der Waals surface area (Å²) in [6, 6.07) is 9.77. The predicted molar refractivity (Wildman–Crippen MR) is 73.0 cm³/mol. The Morgan fingerprint density at radius 2 is 2.24 bits per heavy atom. The fraction of sp³-hybridized carbons (Fsp3) is 0.231. The second kappa shape index (κ2) is 5.76. The molecule has 0 saturated heterocycles. The lowest BCUT2D eigenvalue weighted by atomic mass is 10.1. The van der Waals surface area contributed by atoms with Gasteiger partial charge in [0.1, 0.15) is 5.76 Å². The van der Waals surface area contributed by atoms with Gasteiger partial charge in [-0.3, -0.25) is 0 Å². The van der Waals surface area contributed by atoms with Gasteiger partial charge >= 0.3 is 0 Å². The van der Waals surface area contributed by atoms with Crippen molar-refractivity contribution in [3.8, 4) is 0 Å². The van der Waals surface area contributed by atoms with Crippen molar-refractivity contribution in [3.05, 3.63) is 52.4 Å². The summed E-state index contributed by atoms with van der Waals surface area (Å²) in [4.78, 5) is 1.14. The van der Waals surface area contributed by atoms with Crippen LogP contribution in [0.5, 0.6) is 0 Å². The lowest BCUT2D eigenvalue weighted by Crippen LogP contribution is -1.91. The van der Waals surface area contributed by atoms with E-state index in [0.717, 1.165) is 26.4 Å². The summed E-state index contributed by atoms with van der Waals surface area (Å²) in [6.45, 7) is 1.76. The van der Waals surface area contributed by atoms with E-state index in [-0.39, 0.29) is 0 Å². The zero-order valence-corrected chi connectivity index (χ0v) is 11.8. The normalized spacial score (nSPS) is 12.6. The van der Waals surface area contributed by atoms with Crippen LogP contribution in [0.15, 0.2) is 50.4 Å². The van der Waals surface area contributed by atoms with Crippen LogP contribution in [0.1, 0.15) is 24.4 Å². The Morgan fingerprint density at radius 3 is 2.82 bits per heavy atom. The molecule has 1 aromatic carbocycles. The van der Waals surface area contributed by atoms with E-state index in [0.29, 0.717) is 0 Å². The minimum atomic E-state index is -0.435. The van der Waals surface area contributed by atoms with Gasteiger partial charge in [0.2, 0.25) is 0 Å². The van der Waals surface area contributed by atoms with Gasteiger partial charge in [-0.2, -0.15) is 0 Å². The Kier molecular flexibility index (Phi) is 4.31. The van der Waals surface area contributed by atoms with E-state index < -0.39 is 6.10 Å². The fourth-order valence-electron chi connectivity index (χ4n) is 1.44. The van der Waals surface area contributed by atoms with Crippen LogP contribution in [0.25, 0.3) is 0 Å². The number of thioether (sulfide) groups is 1. The minimum absolute atomic E-state index is 0.435. The first kappa shape index (κ1) is 12.7. The lowest BCUT2D eigenvalue weighted by Gasteiger charge is -2.08. The summed E-state index contributed by atoms with van der Waals surface area (Å²) >= 11 is 5.22. The smallest absolute Gasteiger partial charge is 0.113 e. The number of hydrogen-bond donors (Lipinski definition) is 1. The van der Waals surface area contributed by atoms with Crippen molar-refractivity contribution in [1.29, 1.82) is 0 Å². The van der Waals surface area contributed by atoms with Crippen LogP contribution in [-0.2, 0) is 5.75 Å². The zero-order chi connectivity index (χ0) is 12.3. The Hall–Kier alpha value is -0.710. The molecule has 0 aliphatic heterocycles. The Morgan fingerprint density at radius 1 is 1.41 bits per heavy atom. The standard InChI is InChI=1S/C13H13BrO2S/c1-9(15)10-4-5-13(12(14)7-10)17-8-11-3-2-6-16-11/h2-7,9,15H,8H2,1H3/t9-/m0/s1. The molecule has 0 unspecified atom stereocenters. The quantitative estimate of drug-likeness (QED) is 0.850. The van der Waals surface area contributed by atoms with Crippen LogP contribution in [0.4, 0.5) is 0 Å². The fourth-order valence-corrected chi connectivity index (χ4v) is 3.00. The van der Waals surface area contributed by atoms with Crippen LogP contribution in [0.2, 0.25) is 0 Å². The SMILES string of the molecule is C[C@H](O)c1ccc(SCc2ccco2)c(Br)c1. The van der Waals surface area contributed by atoms with E-state index in [1.54, 1.807) is 24.9 Å². The lowest BCUT2D eigenvalue weighted by molar-refractivity contribution is 0.199. The van der Waals surface area contributed by atoms with E-state index in [1.807, 2.05) is 30.3 Å². The molecule has 2 nitrogen and oxygen atoms in total. The van der Waals surface area contributed by atoms with Gasteiger partial charge < -0.3 is 9.52 Å². The maximum absolute atomic E-state index is 9.48. The van der Waals surface area contributed by atoms with Gasteiger partial charge in [-0.05, 0) is 52.7 Å². The van der Waals surface area contributed by atoms with Crippen molar-refractivity contribution in [3.63, 3.8) is 0 Å². The number of aliphatic hydroxyl groups is 1. The molecule has 0 saturated carbocycles. The van der Waals surface area contributed by atoms with Crippen LogP contribution in [0.3, 0.4) is 0 Å². The van der Waals surface area contributed by atoms with Gasteiger partial charge in [-0.25, -0.2) is 0 Å². The van der Waals surface area contributed by atoms with Gasteiger partial charge in [-0.15, -0.1) is 11.8 Å². The molecule has 1 aromatic heterocycles. The minimum Gasteiger partial charge on any atom is -0.468 e. The molecule has 17 heavy (non-hydrogen) atoms. The van der Waals surface area contributed by atoms with Gasteiger partial charge in [0, 0.05) is 9.37 Å². The first-order valence-electron chi connectivity index (χ1n) is 5.29. The zero-order valence-electron chi connectivity index (χ0n) is 9.39. The molecule has 0 fully saturated rings. The van der Waals surface area contributed by atoms with E-state index in [1.165, 1.54) is 0 Å². The van der Waals surface area contributed by atoms with Crippen molar-refractivity contribution in [1.82, 2.24) is 0 Å². The molecule has 1 N–H and O–H groups in total. The molecule has 0 aliphatic rings. The van der Waals surface area contributed by atoms with E-state index in [4.69, 9.17) is 4.42 Å². The van der Waals surface area contributed by atoms with Crippen molar-refractivity contribution in [2.45, 2.75) is 23.7 Å². The summed E-state index contributed by atoms with van der Waals surface area (Å²) in [5, 5.41) is 9.48. The maximum atomic E-state index is 9.48. The predicted octanol–water partition coefficient (Wildman–Crippen LogP) is 4.39. The number of furan rings is 1. The average Bonchev–Trinajstić information content (AvgIpc) is 2.80. The third-order valence-electron chi connectivity index (χ3n) is 2.39. The highest BCUT2D eigenvalue weighted by molar-refractivity contribution is 9.10. The van der Waals surface area contributed by atoms with Crippen molar-refractivity contribution in [2.24, 2.45) is 0 Å². The van der Waals surface area contributed by atoms with E-state index >= 15 is 0 Å². The number of benzene rings is 1. The molecule has 4 heteroatoms. The second-order valence-corrected chi connectivity index (χ2v) is 5.61. The van der Waals surface area contributed by atoms with Crippen LogP contribution in [0, 0.1) is 0 Å². The van der Waals surface area contributed by atoms with Gasteiger partial charge in [-0.1, -0.05) is 6.07 Å². The van der Waals surface area contributed by atoms with Crippen LogP contribution >= 0.6 is 27.7 Å². The van der Waals surface area contributed by atoms with Crippen LogP contribution in [-0.4, -0.2) is 5.11 Å². The highest BCUT2D eigenvalue weighted by Gasteiger charge is 2.06. The van der Waals surface area contributed by atoms with Crippen molar-refractivity contribution < 1.29 is 9.52 Å². The molecule has 0 radical (unpaired) electrons. The average molecular weight is 313 g/mol. The number of rotatable bonds is 4. The van der Waals surface area contributed by atoms with Crippen molar-refractivity contribution >= 4 is 27.7 Å². The molecule has 2 rings (SSSR count). The molecular formula is C13H13BrO2S. The summed E-state index contributed by atoms with van der Waals surface area (Å²) in [5.74, 6) is 1.76. The van der Waals surface area contributed by atoms with Gasteiger partial charge in [0.25, 0.3) is 0 Å². The molecule has 0 amide bonds. The molecule has 1 heterocycles. The summed E-state index contributed by atoms with van der Waals surface area (Å²) in [5.41, 5.74) is 0.916. The molecule has 0 aliphatic carbocycles. The topological polar surface area (TPSA) is 33.4 Å². The number of aliphatic hydroxyl groups excluding tert-OH is 1. The molecular weight excluding hydrogens is 300 g/mol. The summed E-state index contributed by atoms with van der Waals surface area (Å²) in [7, 11) is 0. The maximum Gasteiger partial charge on any atom is 0.113 e. The van der Waals surface area contributed by atoms with Crippen molar-refractivity contribution in [2.75, 3.05) is 0 Å². The largest absolute Gasteiger partial charge is 0.468 e. The molecule has 0 spiro atoms. The Balaban J connectivity index is 2.06. The molecule has 2 aromatic rings. The Labute approximate surface area is 113 Å². The third-order valence-corrected chi connectivity index (χ3v) is 4.40. The molecule has 90 valence electrons. The monoisotopic (exact) mass is 312 g/mol. The van der Waals surface area contributed by atoms with Gasteiger partial charge in [0.15, 0.2) is 0 Å². The number of hydrogen-bond acceptors (Lipinski definition) is 3. The third kappa shape index (κ3) is 3.37. The summed E-state index contributed by atoms with van der Waals surface area (Å²) in [6.07, 6.45) is 1.25.